The Morgan fingerprint density at radius 2 is 2.13 bits per heavy atom. The molecule has 1 aliphatic rings. The summed E-state index contributed by atoms with van der Waals surface area (Å²) >= 11 is 0. The van der Waals surface area contributed by atoms with Gasteiger partial charge in [-0.25, -0.2) is 0 Å². The minimum absolute atomic E-state index is 0.108. The molecule has 0 spiro atoms. The Bertz CT molecular complexity index is 577. The molecule has 0 atom stereocenters. The first kappa shape index (κ1) is 17.4. The van der Waals surface area contributed by atoms with Crippen molar-refractivity contribution in [2.45, 2.75) is 19.8 Å². The molecule has 23 heavy (non-hydrogen) atoms. The van der Waals surface area contributed by atoms with Crippen molar-refractivity contribution in [3.8, 4) is 0 Å². The fourth-order valence-corrected chi connectivity index (χ4v) is 3.08. The molecule has 1 aliphatic heterocycles. The molecular weight excluding hydrogens is 298 g/mol. The lowest BCUT2D eigenvalue weighted by Crippen LogP contribution is -2.47. The molecule has 0 aliphatic carbocycles. The first-order chi connectivity index (χ1) is 11.0. The van der Waals surface area contributed by atoms with Crippen LogP contribution < -0.4 is 10.6 Å². The van der Waals surface area contributed by atoms with Crippen molar-refractivity contribution >= 4 is 11.6 Å². The highest BCUT2D eigenvalue weighted by Gasteiger charge is 2.33. The molecule has 1 heterocycles. The average molecular weight is 321 g/mol. The van der Waals surface area contributed by atoms with Crippen LogP contribution in [0.4, 0.5) is 5.69 Å². The third-order valence-electron chi connectivity index (χ3n) is 4.40. The number of nitro groups is 1. The Kier molecular flexibility index (Phi) is 5.68. The maximum Gasteiger partial charge on any atom is 0.285 e. The van der Waals surface area contributed by atoms with Gasteiger partial charge in [0.2, 0.25) is 0 Å². The Hall–Kier alpha value is -1.99. The van der Waals surface area contributed by atoms with Gasteiger partial charge in [0, 0.05) is 24.6 Å². The summed E-state index contributed by atoms with van der Waals surface area (Å²) in [6.45, 7) is 4.40. The minimum atomic E-state index is -0.500. The monoisotopic (exact) mass is 321 g/mol. The van der Waals surface area contributed by atoms with Crippen LogP contribution in [-0.4, -0.2) is 44.2 Å². The molecule has 7 heteroatoms. The Labute approximate surface area is 135 Å². The van der Waals surface area contributed by atoms with E-state index in [0.717, 1.165) is 25.9 Å². The van der Waals surface area contributed by atoms with Crippen molar-refractivity contribution in [1.82, 2.24) is 10.6 Å². The number of amides is 1. The van der Waals surface area contributed by atoms with Gasteiger partial charge in [-0.3, -0.25) is 14.9 Å². The first-order valence-corrected chi connectivity index (χ1v) is 7.71. The zero-order valence-electron chi connectivity index (χ0n) is 13.6. The van der Waals surface area contributed by atoms with E-state index in [1.54, 1.807) is 26.2 Å². The van der Waals surface area contributed by atoms with Crippen LogP contribution in [0.5, 0.6) is 0 Å². The number of para-hydroxylation sites is 1. The number of ether oxygens (including phenoxy) is 1. The molecule has 1 amide bonds. The van der Waals surface area contributed by atoms with E-state index in [1.165, 1.54) is 6.07 Å². The van der Waals surface area contributed by atoms with Crippen LogP contribution in [0.1, 0.15) is 28.8 Å². The second-order valence-corrected chi connectivity index (χ2v) is 6.09. The number of carbonyl (C=O) groups excluding carboxylic acids is 1. The van der Waals surface area contributed by atoms with Crippen molar-refractivity contribution in [2.24, 2.45) is 5.41 Å². The summed E-state index contributed by atoms with van der Waals surface area (Å²) < 4.78 is 5.32. The van der Waals surface area contributed by atoms with Gasteiger partial charge in [-0.2, -0.15) is 0 Å². The SMILES string of the molecule is COCC1(CNC(=O)c2cccc(C)c2[N+](=O)[O-])CCNCC1. The smallest absolute Gasteiger partial charge is 0.285 e. The number of hydrogen-bond acceptors (Lipinski definition) is 5. The van der Waals surface area contributed by atoms with Crippen LogP contribution in [0.2, 0.25) is 0 Å². The third kappa shape index (κ3) is 4.05. The summed E-state index contributed by atoms with van der Waals surface area (Å²) in [4.78, 5) is 23.2. The Balaban J connectivity index is 2.13. The van der Waals surface area contributed by atoms with E-state index < -0.39 is 10.8 Å². The second-order valence-electron chi connectivity index (χ2n) is 6.09. The number of nitrogens with one attached hydrogen (secondary N) is 2. The average Bonchev–Trinajstić information content (AvgIpc) is 2.53. The normalized spacial score (nSPS) is 16.8. The number of nitrogens with zero attached hydrogens (tertiary/aromatic N) is 1. The molecule has 0 bridgehead atoms. The van der Waals surface area contributed by atoms with Crippen molar-refractivity contribution in [3.63, 3.8) is 0 Å². The van der Waals surface area contributed by atoms with Gasteiger partial charge in [-0.1, -0.05) is 12.1 Å². The van der Waals surface area contributed by atoms with Gasteiger partial charge in [-0.05, 0) is 38.9 Å². The van der Waals surface area contributed by atoms with E-state index in [0.29, 0.717) is 18.7 Å². The first-order valence-electron chi connectivity index (χ1n) is 7.71. The molecule has 1 saturated heterocycles. The quantitative estimate of drug-likeness (QED) is 0.614. The van der Waals surface area contributed by atoms with Crippen molar-refractivity contribution < 1.29 is 14.5 Å². The molecule has 2 rings (SSSR count). The molecule has 7 nitrogen and oxygen atoms in total. The maximum atomic E-state index is 12.4. The summed E-state index contributed by atoms with van der Waals surface area (Å²) in [5.74, 6) is -0.408. The predicted octanol–water partition coefficient (Wildman–Crippen LogP) is 1.65. The van der Waals surface area contributed by atoms with Gasteiger partial charge in [-0.15, -0.1) is 0 Å². The summed E-state index contributed by atoms with van der Waals surface area (Å²) in [6.07, 6.45) is 1.80. The van der Waals surface area contributed by atoms with Crippen molar-refractivity contribution in [3.05, 3.63) is 39.4 Å². The van der Waals surface area contributed by atoms with Gasteiger partial charge < -0.3 is 15.4 Å². The van der Waals surface area contributed by atoms with E-state index in [2.05, 4.69) is 10.6 Å². The van der Waals surface area contributed by atoms with Crippen molar-refractivity contribution in [1.29, 1.82) is 0 Å². The highest BCUT2D eigenvalue weighted by Crippen LogP contribution is 2.29. The highest BCUT2D eigenvalue weighted by atomic mass is 16.6. The van der Waals surface area contributed by atoms with Gasteiger partial charge in [0.1, 0.15) is 5.56 Å². The van der Waals surface area contributed by atoms with Crippen LogP contribution in [0.15, 0.2) is 18.2 Å². The Morgan fingerprint density at radius 3 is 2.74 bits per heavy atom. The minimum Gasteiger partial charge on any atom is -0.384 e. The Morgan fingerprint density at radius 1 is 1.43 bits per heavy atom. The third-order valence-corrected chi connectivity index (χ3v) is 4.40. The zero-order chi connectivity index (χ0) is 16.9. The fraction of sp³-hybridized carbons (Fsp3) is 0.562. The molecule has 0 unspecified atom stereocenters. The van der Waals surface area contributed by atoms with Gasteiger partial charge >= 0.3 is 0 Å². The molecule has 2 N–H and O–H groups in total. The zero-order valence-corrected chi connectivity index (χ0v) is 13.6. The number of methoxy groups -OCH3 is 1. The molecule has 1 aromatic carbocycles. The van der Waals surface area contributed by atoms with Crippen LogP contribution >= 0.6 is 0 Å². The van der Waals surface area contributed by atoms with E-state index in [-0.39, 0.29) is 16.7 Å². The molecule has 126 valence electrons. The number of hydrogen-bond donors (Lipinski definition) is 2. The van der Waals surface area contributed by atoms with Crippen LogP contribution in [0, 0.1) is 22.5 Å². The van der Waals surface area contributed by atoms with Crippen LogP contribution in [-0.2, 0) is 4.74 Å². The fourth-order valence-electron chi connectivity index (χ4n) is 3.08. The number of carbonyl (C=O) groups is 1. The summed E-state index contributed by atoms with van der Waals surface area (Å²) in [7, 11) is 1.65. The highest BCUT2D eigenvalue weighted by molar-refractivity contribution is 5.98. The molecule has 1 fully saturated rings. The van der Waals surface area contributed by atoms with Gasteiger partial charge in [0.25, 0.3) is 11.6 Å². The molecule has 0 aromatic heterocycles. The predicted molar refractivity (Wildman–Crippen MR) is 86.6 cm³/mol. The number of aryl methyl sites for hydroxylation is 1. The summed E-state index contributed by atoms with van der Waals surface area (Å²) in [6, 6.07) is 4.78. The lowest BCUT2D eigenvalue weighted by Gasteiger charge is -2.37. The van der Waals surface area contributed by atoms with E-state index in [4.69, 9.17) is 4.74 Å². The molecular formula is C16H23N3O4. The number of rotatable bonds is 6. The summed E-state index contributed by atoms with van der Waals surface area (Å²) in [5, 5.41) is 17.4. The van der Waals surface area contributed by atoms with Crippen LogP contribution in [0.3, 0.4) is 0 Å². The van der Waals surface area contributed by atoms with Gasteiger partial charge in [0.15, 0.2) is 0 Å². The molecule has 0 saturated carbocycles. The lowest BCUT2D eigenvalue weighted by molar-refractivity contribution is -0.385. The second kappa shape index (κ2) is 7.52. The summed E-state index contributed by atoms with van der Waals surface area (Å²) in [5.41, 5.74) is 0.345. The maximum absolute atomic E-state index is 12.4. The van der Waals surface area contributed by atoms with Crippen molar-refractivity contribution in [2.75, 3.05) is 33.4 Å². The molecule has 0 radical (unpaired) electrons. The molecule has 1 aromatic rings. The van der Waals surface area contributed by atoms with E-state index in [1.807, 2.05) is 0 Å². The lowest BCUT2D eigenvalue weighted by atomic mass is 9.79. The van der Waals surface area contributed by atoms with E-state index >= 15 is 0 Å². The van der Waals surface area contributed by atoms with Gasteiger partial charge in [0.05, 0.1) is 11.5 Å². The number of benzene rings is 1. The standard InChI is InChI=1S/C16H23N3O4/c1-12-4-3-5-13(14(12)19(21)22)15(20)18-10-16(11-23-2)6-8-17-9-7-16/h3-5,17H,6-11H2,1-2H3,(H,18,20). The van der Waals surface area contributed by atoms with E-state index in [9.17, 15) is 14.9 Å². The number of piperidine rings is 1. The number of nitro benzene ring substituents is 1. The largest absolute Gasteiger partial charge is 0.384 e. The van der Waals surface area contributed by atoms with Crippen LogP contribution in [0.25, 0.3) is 0 Å². The topological polar surface area (TPSA) is 93.5 Å².